The van der Waals surface area contributed by atoms with Crippen molar-refractivity contribution in [2.24, 2.45) is 0 Å². The first kappa shape index (κ1) is 28.1. The SMILES string of the molecule is COCC(=O)Nc1ccc(N2C(=S)NC(c3ccccn3)C2c2c(C)c(C)n(-c3cccc(Cl)c3)c2C)cc1Cl. The molecule has 7 nitrogen and oxygen atoms in total. The molecule has 1 fully saturated rings. The van der Waals surface area contributed by atoms with Crippen molar-refractivity contribution in [3.05, 3.63) is 105 Å². The molecular weight excluding hydrogens is 565 g/mol. The number of carbonyl (C=O) groups excluding carboxylic acids is 1. The molecule has 206 valence electrons. The third-order valence-corrected chi connectivity index (χ3v) is 8.11. The highest BCUT2D eigenvalue weighted by Gasteiger charge is 2.43. The normalized spacial score (nSPS) is 16.8. The second kappa shape index (κ2) is 11.6. The molecule has 0 spiro atoms. The van der Waals surface area contributed by atoms with E-state index in [0.29, 0.717) is 20.8 Å². The average Bonchev–Trinajstić information content (AvgIpc) is 3.37. The lowest BCUT2D eigenvalue weighted by Crippen LogP contribution is -2.30. The summed E-state index contributed by atoms with van der Waals surface area (Å²) in [4.78, 5) is 18.9. The number of halogens is 2. The maximum absolute atomic E-state index is 12.1. The van der Waals surface area contributed by atoms with Crippen LogP contribution in [-0.2, 0) is 9.53 Å². The van der Waals surface area contributed by atoms with E-state index in [-0.39, 0.29) is 24.6 Å². The molecule has 2 N–H and O–H groups in total. The Kier molecular flexibility index (Phi) is 8.14. The second-order valence-corrected chi connectivity index (χ2v) is 10.9. The van der Waals surface area contributed by atoms with E-state index in [2.05, 4.69) is 51.9 Å². The minimum atomic E-state index is -0.285. The van der Waals surface area contributed by atoms with Crippen LogP contribution in [0.15, 0.2) is 66.9 Å². The number of carbonyl (C=O) groups is 1. The fraction of sp³-hybridized carbons (Fsp3) is 0.233. The molecule has 1 saturated heterocycles. The molecule has 10 heteroatoms. The number of hydrogen-bond donors (Lipinski definition) is 2. The first-order valence-corrected chi connectivity index (χ1v) is 13.9. The predicted octanol–water partition coefficient (Wildman–Crippen LogP) is 6.87. The van der Waals surface area contributed by atoms with Gasteiger partial charge in [0.1, 0.15) is 6.61 Å². The van der Waals surface area contributed by atoms with Crippen LogP contribution < -0.4 is 15.5 Å². The van der Waals surface area contributed by atoms with Gasteiger partial charge >= 0.3 is 0 Å². The number of methoxy groups -OCH3 is 1. The summed E-state index contributed by atoms with van der Waals surface area (Å²) in [6, 6.07) is 18.8. The van der Waals surface area contributed by atoms with Gasteiger partial charge in [-0.25, -0.2) is 0 Å². The van der Waals surface area contributed by atoms with E-state index in [1.165, 1.54) is 7.11 Å². The van der Waals surface area contributed by atoms with E-state index >= 15 is 0 Å². The van der Waals surface area contributed by atoms with Gasteiger partial charge in [-0.15, -0.1) is 0 Å². The maximum atomic E-state index is 12.1. The van der Waals surface area contributed by atoms with Gasteiger partial charge in [0.15, 0.2) is 5.11 Å². The Hall–Kier alpha value is -3.43. The molecule has 2 aromatic heterocycles. The lowest BCUT2D eigenvalue weighted by atomic mass is 9.93. The van der Waals surface area contributed by atoms with Crippen LogP contribution in [0.2, 0.25) is 10.0 Å². The fourth-order valence-electron chi connectivity index (χ4n) is 5.44. The van der Waals surface area contributed by atoms with E-state index in [0.717, 1.165) is 39.6 Å². The Morgan fingerprint density at radius 3 is 2.52 bits per heavy atom. The number of hydrogen-bond acceptors (Lipinski definition) is 4. The number of amides is 1. The molecule has 1 aliphatic rings. The van der Waals surface area contributed by atoms with E-state index in [1.807, 2.05) is 48.5 Å². The van der Waals surface area contributed by atoms with Gasteiger partial charge in [-0.05, 0) is 87.1 Å². The van der Waals surface area contributed by atoms with Crippen LogP contribution in [0.1, 0.15) is 40.3 Å². The van der Waals surface area contributed by atoms with E-state index in [9.17, 15) is 4.79 Å². The van der Waals surface area contributed by atoms with Crippen molar-refractivity contribution >= 4 is 57.8 Å². The minimum absolute atomic E-state index is 0.0619. The number of pyridine rings is 1. The molecule has 5 rings (SSSR count). The summed E-state index contributed by atoms with van der Waals surface area (Å²) < 4.78 is 7.15. The van der Waals surface area contributed by atoms with Crippen molar-refractivity contribution in [2.45, 2.75) is 32.9 Å². The Morgan fingerprint density at radius 1 is 1.05 bits per heavy atom. The van der Waals surface area contributed by atoms with Crippen LogP contribution in [0.4, 0.5) is 11.4 Å². The third kappa shape index (κ3) is 5.20. The molecule has 40 heavy (non-hydrogen) atoms. The molecule has 0 saturated carbocycles. The van der Waals surface area contributed by atoms with Crippen molar-refractivity contribution < 1.29 is 9.53 Å². The molecule has 3 heterocycles. The lowest BCUT2D eigenvalue weighted by molar-refractivity contribution is -0.119. The van der Waals surface area contributed by atoms with Gasteiger partial charge in [-0.1, -0.05) is 35.3 Å². The lowest BCUT2D eigenvalue weighted by Gasteiger charge is -2.29. The Bertz CT molecular complexity index is 1590. The Labute approximate surface area is 249 Å². The summed E-state index contributed by atoms with van der Waals surface area (Å²) in [6.45, 7) is 6.30. The van der Waals surface area contributed by atoms with Crippen LogP contribution in [0.3, 0.4) is 0 Å². The number of benzene rings is 2. The zero-order chi connectivity index (χ0) is 28.6. The van der Waals surface area contributed by atoms with Gasteiger partial charge < -0.3 is 24.8 Å². The quantitative estimate of drug-likeness (QED) is 0.228. The summed E-state index contributed by atoms with van der Waals surface area (Å²) in [5, 5.41) is 7.92. The molecule has 4 aromatic rings. The zero-order valence-corrected chi connectivity index (χ0v) is 24.9. The zero-order valence-electron chi connectivity index (χ0n) is 22.5. The molecule has 0 bridgehead atoms. The predicted molar refractivity (Wildman–Crippen MR) is 165 cm³/mol. The molecular formula is C30H29Cl2N5O2S. The molecule has 2 unspecified atom stereocenters. The van der Waals surface area contributed by atoms with Gasteiger partial charge in [0.25, 0.3) is 0 Å². The number of aromatic nitrogens is 2. The molecule has 2 atom stereocenters. The van der Waals surface area contributed by atoms with Crippen molar-refractivity contribution in [1.82, 2.24) is 14.9 Å². The van der Waals surface area contributed by atoms with Crippen LogP contribution in [0.25, 0.3) is 5.69 Å². The van der Waals surface area contributed by atoms with Gasteiger partial charge in [-0.3, -0.25) is 9.78 Å². The van der Waals surface area contributed by atoms with Gasteiger partial charge in [0.05, 0.1) is 28.5 Å². The van der Waals surface area contributed by atoms with Crippen molar-refractivity contribution in [1.29, 1.82) is 0 Å². The maximum Gasteiger partial charge on any atom is 0.250 e. The smallest absolute Gasteiger partial charge is 0.250 e. The first-order valence-electron chi connectivity index (χ1n) is 12.7. The standard InChI is InChI=1S/C30H29Cl2N5O2S/c1-17-18(2)36(21-9-7-8-20(31)14-21)19(3)27(17)29-28(25-10-5-6-13-33-25)35-30(40)37(29)22-11-12-24(23(32)15-22)34-26(38)16-39-4/h5-15,28-29H,16H2,1-4H3,(H,34,38)(H,35,40). The van der Waals surface area contributed by atoms with Gasteiger partial charge in [0, 0.05) is 46.7 Å². The molecule has 0 radical (unpaired) electrons. The van der Waals surface area contributed by atoms with Crippen molar-refractivity contribution in [3.63, 3.8) is 0 Å². The summed E-state index contributed by atoms with van der Waals surface area (Å²) in [6.07, 6.45) is 1.79. The second-order valence-electron chi connectivity index (χ2n) is 9.67. The highest BCUT2D eigenvalue weighted by molar-refractivity contribution is 7.80. The molecule has 0 aliphatic carbocycles. The van der Waals surface area contributed by atoms with Gasteiger partial charge in [-0.2, -0.15) is 0 Å². The number of ether oxygens (including phenoxy) is 1. The summed E-state index contributed by atoms with van der Waals surface area (Å²) in [7, 11) is 1.47. The topological polar surface area (TPSA) is 71.4 Å². The molecule has 1 aliphatic heterocycles. The van der Waals surface area contributed by atoms with Crippen LogP contribution in [-0.4, -0.2) is 34.3 Å². The first-order chi connectivity index (χ1) is 19.2. The van der Waals surface area contributed by atoms with Crippen LogP contribution >= 0.6 is 35.4 Å². The average molecular weight is 595 g/mol. The largest absolute Gasteiger partial charge is 0.375 e. The number of nitrogens with zero attached hydrogens (tertiary/aromatic N) is 3. The number of thiocarbonyl (C=S) groups is 1. The van der Waals surface area contributed by atoms with E-state index < -0.39 is 0 Å². The van der Waals surface area contributed by atoms with Crippen molar-refractivity contribution in [2.75, 3.05) is 23.9 Å². The van der Waals surface area contributed by atoms with E-state index in [4.69, 9.17) is 40.2 Å². The number of rotatable bonds is 7. The van der Waals surface area contributed by atoms with Crippen LogP contribution in [0, 0.1) is 20.8 Å². The Morgan fingerprint density at radius 2 is 1.85 bits per heavy atom. The number of nitrogens with one attached hydrogen (secondary N) is 2. The molecule has 1 amide bonds. The number of anilines is 2. The minimum Gasteiger partial charge on any atom is -0.375 e. The highest BCUT2D eigenvalue weighted by Crippen LogP contribution is 2.46. The summed E-state index contributed by atoms with van der Waals surface area (Å²) in [5.41, 5.74) is 7.63. The molecule has 2 aromatic carbocycles. The third-order valence-electron chi connectivity index (χ3n) is 7.25. The summed E-state index contributed by atoms with van der Waals surface area (Å²) in [5.74, 6) is -0.285. The fourth-order valence-corrected chi connectivity index (χ4v) is 6.20. The van der Waals surface area contributed by atoms with Crippen molar-refractivity contribution in [3.8, 4) is 5.69 Å². The van der Waals surface area contributed by atoms with Gasteiger partial charge in [0.2, 0.25) is 5.91 Å². The monoisotopic (exact) mass is 593 g/mol. The summed E-state index contributed by atoms with van der Waals surface area (Å²) >= 11 is 19.0. The highest BCUT2D eigenvalue weighted by atomic mass is 35.5. The van der Waals surface area contributed by atoms with E-state index in [1.54, 1.807) is 12.3 Å². The Balaban J connectivity index is 1.65. The van der Waals surface area contributed by atoms with Crippen LogP contribution in [0.5, 0.6) is 0 Å².